The van der Waals surface area contributed by atoms with E-state index in [1.165, 1.54) is 24.0 Å². The minimum absolute atomic E-state index is 0.489. The first kappa shape index (κ1) is 17.9. The molecule has 3 aromatic rings. The van der Waals surface area contributed by atoms with Crippen LogP contribution in [0.3, 0.4) is 0 Å². The number of aromatic nitrogens is 4. The van der Waals surface area contributed by atoms with Gasteiger partial charge in [-0.15, -0.1) is 0 Å². The summed E-state index contributed by atoms with van der Waals surface area (Å²) in [6, 6.07) is 6.36. The highest BCUT2D eigenvalue weighted by molar-refractivity contribution is 5.79. The topological polar surface area (TPSA) is 78.5 Å². The molecule has 4 rings (SSSR count). The fourth-order valence-corrected chi connectivity index (χ4v) is 3.79. The zero-order valence-electron chi connectivity index (χ0n) is 16.4. The number of hydrogen-bond acceptors (Lipinski definition) is 5. The van der Waals surface area contributed by atoms with E-state index in [1.54, 1.807) is 0 Å². The first-order valence-corrected chi connectivity index (χ1v) is 9.85. The maximum Gasteiger partial charge on any atom is 0.129 e. The minimum atomic E-state index is 0.489. The molecule has 0 aliphatic carbocycles. The second kappa shape index (κ2) is 7.64. The number of hydrogen-bond donors (Lipinski definition) is 3. The fraction of sp³-hybridized carbons (Fsp3) is 0.476. The van der Waals surface area contributed by atoms with Gasteiger partial charge < -0.3 is 15.6 Å². The number of aromatic amines is 1. The molecule has 3 N–H and O–H groups in total. The molecule has 1 saturated heterocycles. The van der Waals surface area contributed by atoms with E-state index in [4.69, 9.17) is 4.98 Å². The van der Waals surface area contributed by atoms with Crippen LogP contribution in [-0.2, 0) is 6.42 Å². The van der Waals surface area contributed by atoms with Gasteiger partial charge in [-0.3, -0.25) is 0 Å². The Hall–Kier alpha value is -2.47. The van der Waals surface area contributed by atoms with Crippen LogP contribution in [0.5, 0.6) is 0 Å². The number of H-pyrrole nitrogens is 1. The van der Waals surface area contributed by atoms with Crippen LogP contribution in [0.2, 0.25) is 0 Å². The van der Waals surface area contributed by atoms with Crippen molar-refractivity contribution in [3.63, 3.8) is 0 Å². The molecule has 1 fully saturated rings. The molecule has 27 heavy (non-hydrogen) atoms. The first-order valence-electron chi connectivity index (χ1n) is 9.85. The molecule has 0 amide bonds. The molecular formula is C21H28N6. The van der Waals surface area contributed by atoms with Gasteiger partial charge in [0.15, 0.2) is 0 Å². The molecule has 6 nitrogen and oxygen atoms in total. The van der Waals surface area contributed by atoms with E-state index < -0.39 is 0 Å². The lowest BCUT2D eigenvalue weighted by Crippen LogP contribution is -2.29. The summed E-state index contributed by atoms with van der Waals surface area (Å²) in [6.07, 6.45) is 3.23. The average Bonchev–Trinajstić information content (AvgIpc) is 3.09. The van der Waals surface area contributed by atoms with E-state index in [9.17, 15) is 0 Å². The average molecular weight is 364 g/mol. The molecular weight excluding hydrogens is 336 g/mol. The van der Waals surface area contributed by atoms with E-state index in [-0.39, 0.29) is 0 Å². The number of anilines is 1. The summed E-state index contributed by atoms with van der Waals surface area (Å²) in [4.78, 5) is 17.4. The molecule has 1 aliphatic rings. The Morgan fingerprint density at radius 3 is 2.85 bits per heavy atom. The highest BCUT2D eigenvalue weighted by Gasteiger charge is 2.17. The number of benzene rings is 1. The van der Waals surface area contributed by atoms with Crippen LogP contribution in [0, 0.1) is 20.8 Å². The smallest absolute Gasteiger partial charge is 0.129 e. The lowest BCUT2D eigenvalue weighted by molar-refractivity contribution is 0.453. The summed E-state index contributed by atoms with van der Waals surface area (Å²) in [6.45, 7) is 9.13. The number of nitrogens with one attached hydrogen (secondary N) is 3. The predicted molar refractivity (Wildman–Crippen MR) is 109 cm³/mol. The molecule has 6 heteroatoms. The van der Waals surface area contributed by atoms with Crippen molar-refractivity contribution in [3.8, 4) is 0 Å². The normalized spacial score (nSPS) is 17.4. The van der Waals surface area contributed by atoms with Gasteiger partial charge in [0, 0.05) is 31.5 Å². The van der Waals surface area contributed by atoms with Gasteiger partial charge in [0.1, 0.15) is 17.5 Å². The van der Waals surface area contributed by atoms with E-state index in [1.807, 2.05) is 6.92 Å². The van der Waals surface area contributed by atoms with Gasteiger partial charge in [-0.05, 0) is 57.4 Å². The summed E-state index contributed by atoms with van der Waals surface area (Å²) >= 11 is 0. The third kappa shape index (κ3) is 3.95. The minimum Gasteiger partial charge on any atom is -0.370 e. The van der Waals surface area contributed by atoms with Crippen molar-refractivity contribution < 1.29 is 0 Å². The Morgan fingerprint density at radius 1 is 1.15 bits per heavy atom. The second-order valence-corrected chi connectivity index (χ2v) is 7.53. The van der Waals surface area contributed by atoms with Crippen LogP contribution in [0.25, 0.3) is 11.0 Å². The van der Waals surface area contributed by atoms with Crippen LogP contribution in [0.15, 0.2) is 18.2 Å². The third-order valence-corrected chi connectivity index (χ3v) is 5.47. The molecule has 142 valence electrons. The maximum atomic E-state index is 4.78. The molecule has 1 aromatic carbocycles. The van der Waals surface area contributed by atoms with E-state index in [2.05, 4.69) is 57.6 Å². The monoisotopic (exact) mass is 364 g/mol. The molecule has 1 aliphatic heterocycles. The quantitative estimate of drug-likeness (QED) is 0.647. The number of rotatable bonds is 5. The molecule has 2 aromatic heterocycles. The van der Waals surface area contributed by atoms with Gasteiger partial charge in [-0.25, -0.2) is 15.0 Å². The van der Waals surface area contributed by atoms with Crippen molar-refractivity contribution in [3.05, 3.63) is 46.7 Å². The lowest BCUT2D eigenvalue weighted by atomic mass is 9.96. The summed E-state index contributed by atoms with van der Waals surface area (Å²) in [5.41, 5.74) is 5.86. The first-order chi connectivity index (χ1) is 13.1. The summed E-state index contributed by atoms with van der Waals surface area (Å²) in [5.74, 6) is 3.23. The second-order valence-electron chi connectivity index (χ2n) is 7.53. The van der Waals surface area contributed by atoms with Crippen molar-refractivity contribution in [2.75, 3.05) is 25.0 Å². The highest BCUT2D eigenvalue weighted by atomic mass is 15.0. The Morgan fingerprint density at radius 2 is 2.04 bits per heavy atom. The van der Waals surface area contributed by atoms with Crippen LogP contribution in [0.4, 0.5) is 5.82 Å². The van der Waals surface area contributed by atoms with Crippen molar-refractivity contribution in [2.45, 2.75) is 46.0 Å². The SMILES string of the molecule is Cc1nc(NCCc2nc3c(C)c(C)ccc3[nH]2)cc([C@H]2CCCNC2)n1. The van der Waals surface area contributed by atoms with Crippen molar-refractivity contribution in [2.24, 2.45) is 0 Å². The molecule has 0 bridgehead atoms. The van der Waals surface area contributed by atoms with Crippen LogP contribution in [-0.4, -0.2) is 39.6 Å². The van der Waals surface area contributed by atoms with Gasteiger partial charge in [-0.2, -0.15) is 0 Å². The summed E-state index contributed by atoms with van der Waals surface area (Å²) in [5, 5.41) is 6.92. The largest absolute Gasteiger partial charge is 0.370 e. The van der Waals surface area contributed by atoms with Crippen molar-refractivity contribution in [1.82, 2.24) is 25.3 Å². The van der Waals surface area contributed by atoms with Gasteiger partial charge in [0.25, 0.3) is 0 Å². The van der Waals surface area contributed by atoms with Gasteiger partial charge in [-0.1, -0.05) is 6.07 Å². The van der Waals surface area contributed by atoms with Gasteiger partial charge >= 0.3 is 0 Å². The van der Waals surface area contributed by atoms with Crippen LogP contribution >= 0.6 is 0 Å². The number of imidazole rings is 1. The predicted octanol–water partition coefficient (Wildman–Crippen LogP) is 3.40. The molecule has 0 radical (unpaired) electrons. The molecule has 0 saturated carbocycles. The van der Waals surface area contributed by atoms with E-state index in [0.29, 0.717) is 5.92 Å². The van der Waals surface area contributed by atoms with Crippen LogP contribution in [0.1, 0.15) is 47.2 Å². The lowest BCUT2D eigenvalue weighted by Gasteiger charge is -2.22. The van der Waals surface area contributed by atoms with Gasteiger partial charge in [0.2, 0.25) is 0 Å². The fourth-order valence-electron chi connectivity index (χ4n) is 3.79. The van der Waals surface area contributed by atoms with Crippen molar-refractivity contribution >= 4 is 16.9 Å². The standard InChI is InChI=1S/C21H28N6/c1-13-6-7-17-21(14(13)2)27-19(26-17)8-10-23-20-11-18(24-15(3)25-20)16-5-4-9-22-12-16/h6-7,11,16,22H,4-5,8-10,12H2,1-3H3,(H,26,27)(H,23,24,25)/t16-/m0/s1. The highest BCUT2D eigenvalue weighted by Crippen LogP contribution is 2.23. The van der Waals surface area contributed by atoms with E-state index in [0.717, 1.165) is 60.2 Å². The molecule has 3 heterocycles. The summed E-state index contributed by atoms with van der Waals surface area (Å²) in [7, 11) is 0. The number of piperidine rings is 1. The molecule has 0 unspecified atom stereocenters. The molecule has 1 atom stereocenters. The Bertz CT molecular complexity index is 939. The Labute approximate surface area is 160 Å². The summed E-state index contributed by atoms with van der Waals surface area (Å²) < 4.78 is 0. The third-order valence-electron chi connectivity index (χ3n) is 5.47. The van der Waals surface area contributed by atoms with Crippen LogP contribution < -0.4 is 10.6 Å². The van der Waals surface area contributed by atoms with Gasteiger partial charge in [0.05, 0.1) is 16.7 Å². The number of aryl methyl sites for hydroxylation is 3. The van der Waals surface area contributed by atoms with Crippen molar-refractivity contribution in [1.29, 1.82) is 0 Å². The number of fused-ring (bicyclic) bond motifs is 1. The molecule has 0 spiro atoms. The Kier molecular flexibility index (Phi) is 5.07. The zero-order chi connectivity index (χ0) is 18.8. The zero-order valence-corrected chi connectivity index (χ0v) is 16.4. The maximum absolute atomic E-state index is 4.78. The number of nitrogens with zero attached hydrogens (tertiary/aromatic N) is 3. The van der Waals surface area contributed by atoms with E-state index >= 15 is 0 Å². The Balaban J connectivity index is 1.43.